The van der Waals surface area contributed by atoms with Crippen LogP contribution in [0.5, 0.6) is 0 Å². The largest absolute Gasteiger partial charge is 0.347 e. The van der Waals surface area contributed by atoms with E-state index in [1.165, 1.54) is 4.57 Å². The lowest BCUT2D eigenvalue weighted by Gasteiger charge is -2.45. The highest BCUT2D eigenvalue weighted by atomic mass is 32.2. The molecule has 8 rings (SSSR count). The van der Waals surface area contributed by atoms with Gasteiger partial charge in [0.15, 0.2) is 0 Å². The van der Waals surface area contributed by atoms with Crippen LogP contribution in [0.3, 0.4) is 0 Å². The number of rotatable bonds is 0. The molecule has 1 aromatic rings. The molecule has 7 aliphatic rings. The standard InChI is InChI=1S/C13H13N3O3S/c1-14-10(17)15-8-5-4-6(5)9(16(15)11(14)18)13-3-20(19)2-12(8,13)7(4)13/h4-9H,2-3H2,1H3/t4?,5-,6+,7?,8-,9-,12+,13+,20?/m0/s1. The van der Waals surface area contributed by atoms with Gasteiger partial charge in [0, 0.05) is 40.2 Å². The summed E-state index contributed by atoms with van der Waals surface area (Å²) in [5.74, 6) is 4.12. The van der Waals surface area contributed by atoms with Crippen molar-refractivity contribution in [3.63, 3.8) is 0 Å². The third kappa shape index (κ3) is 0.528. The van der Waals surface area contributed by atoms with Crippen molar-refractivity contribution in [1.29, 1.82) is 0 Å². The van der Waals surface area contributed by atoms with Gasteiger partial charge in [-0.2, -0.15) is 0 Å². The van der Waals surface area contributed by atoms with Crippen LogP contribution in [-0.2, 0) is 17.8 Å². The van der Waals surface area contributed by atoms with E-state index in [-0.39, 0.29) is 34.3 Å². The Kier molecular flexibility index (Phi) is 1.04. The molecule has 4 saturated carbocycles. The van der Waals surface area contributed by atoms with Crippen LogP contribution >= 0.6 is 0 Å². The van der Waals surface area contributed by atoms with Crippen LogP contribution < -0.4 is 11.4 Å². The Bertz CT molecular complexity index is 843. The maximum Gasteiger partial charge on any atom is 0.347 e. The van der Waals surface area contributed by atoms with Crippen molar-refractivity contribution in [2.75, 3.05) is 11.5 Å². The smallest absolute Gasteiger partial charge is 0.260 e. The Hall–Kier alpha value is -1.11. The summed E-state index contributed by atoms with van der Waals surface area (Å²) in [6.07, 6.45) is 0. The Morgan fingerprint density at radius 1 is 1.00 bits per heavy atom. The van der Waals surface area contributed by atoms with E-state index >= 15 is 0 Å². The second-order valence-corrected chi connectivity index (χ2v) is 9.18. The molecular weight excluding hydrogens is 278 g/mol. The fourth-order valence-corrected chi connectivity index (χ4v) is 10.1. The third-order valence-electron chi connectivity index (χ3n) is 7.78. The highest BCUT2D eigenvalue weighted by Crippen LogP contribution is 3.03. The average Bonchev–Trinajstić information content (AvgIpc) is 3.04. The molecule has 0 aromatic carbocycles. The summed E-state index contributed by atoms with van der Waals surface area (Å²) >= 11 is 0. The van der Waals surface area contributed by atoms with Crippen LogP contribution in [0.15, 0.2) is 9.59 Å². The molecule has 7 heteroatoms. The second-order valence-electron chi connectivity index (χ2n) is 7.72. The predicted molar refractivity (Wildman–Crippen MR) is 68.7 cm³/mol. The van der Waals surface area contributed by atoms with E-state index < -0.39 is 10.8 Å². The molecule has 5 fully saturated rings. The zero-order valence-corrected chi connectivity index (χ0v) is 11.7. The van der Waals surface area contributed by atoms with Gasteiger partial charge in [0.05, 0.1) is 12.1 Å². The Balaban J connectivity index is 1.69. The fourth-order valence-electron chi connectivity index (χ4n) is 7.69. The summed E-state index contributed by atoms with van der Waals surface area (Å²) in [6.45, 7) is 0. The SMILES string of the molecule is Cn1c(=O)n2n(c1=O)[C@H]1[C@H]3C4C5[C@]6(CS(=O)C[C@@]516)[C@@H]2[C@H]43. The molecule has 4 heterocycles. The first-order valence-electron chi connectivity index (χ1n) is 7.32. The lowest BCUT2D eigenvalue weighted by atomic mass is 9.73. The van der Waals surface area contributed by atoms with Gasteiger partial charge in [-0.3, -0.25) is 4.21 Å². The number of hydrogen-bond acceptors (Lipinski definition) is 3. The summed E-state index contributed by atoms with van der Waals surface area (Å²) < 4.78 is 17.0. The second kappa shape index (κ2) is 2.14. The fraction of sp³-hybridized carbons (Fsp3) is 0.846. The van der Waals surface area contributed by atoms with E-state index in [0.29, 0.717) is 17.8 Å². The molecule has 9 atom stereocenters. The maximum absolute atomic E-state index is 12.5. The highest BCUT2D eigenvalue weighted by Gasteiger charge is 3.04. The van der Waals surface area contributed by atoms with Gasteiger partial charge in [0.1, 0.15) is 0 Å². The quantitative estimate of drug-likeness (QED) is 0.597. The van der Waals surface area contributed by atoms with Gasteiger partial charge in [0.2, 0.25) is 0 Å². The minimum Gasteiger partial charge on any atom is -0.260 e. The van der Waals surface area contributed by atoms with Gasteiger partial charge in [0.25, 0.3) is 0 Å². The zero-order chi connectivity index (χ0) is 13.3. The molecule has 0 N–H and O–H groups in total. The van der Waals surface area contributed by atoms with Crippen LogP contribution in [0, 0.1) is 34.5 Å². The third-order valence-corrected chi connectivity index (χ3v) is 9.38. The van der Waals surface area contributed by atoms with E-state index in [1.807, 2.05) is 0 Å². The first kappa shape index (κ1) is 9.76. The molecule has 1 saturated heterocycles. The van der Waals surface area contributed by atoms with Gasteiger partial charge in [-0.1, -0.05) is 0 Å². The molecule has 104 valence electrons. The van der Waals surface area contributed by atoms with Crippen molar-refractivity contribution in [1.82, 2.24) is 13.9 Å². The topological polar surface area (TPSA) is 66.0 Å². The summed E-state index contributed by atoms with van der Waals surface area (Å²) in [7, 11) is 0.827. The van der Waals surface area contributed by atoms with Crippen molar-refractivity contribution in [2.45, 2.75) is 12.1 Å². The molecule has 4 aliphatic carbocycles. The summed E-state index contributed by atoms with van der Waals surface area (Å²) in [6, 6.07) is 0.334. The molecule has 0 amide bonds. The van der Waals surface area contributed by atoms with Crippen molar-refractivity contribution >= 4 is 10.8 Å². The molecular formula is C13H13N3O3S. The van der Waals surface area contributed by atoms with Gasteiger partial charge < -0.3 is 0 Å². The van der Waals surface area contributed by atoms with Crippen LogP contribution in [0.1, 0.15) is 12.1 Å². The lowest BCUT2D eigenvalue weighted by molar-refractivity contribution is 0.0280. The van der Waals surface area contributed by atoms with E-state index in [0.717, 1.165) is 17.4 Å². The Labute approximate surface area is 115 Å². The molecule has 3 aliphatic heterocycles. The monoisotopic (exact) mass is 291 g/mol. The minimum atomic E-state index is -0.752. The van der Waals surface area contributed by atoms with Crippen LogP contribution in [0.2, 0.25) is 0 Å². The normalized spacial score (nSPS) is 61.6. The molecule has 6 nitrogen and oxygen atoms in total. The highest BCUT2D eigenvalue weighted by molar-refractivity contribution is 7.85. The number of nitrogens with zero attached hydrogens (tertiary/aromatic N) is 3. The lowest BCUT2D eigenvalue weighted by Crippen LogP contribution is -2.52. The van der Waals surface area contributed by atoms with Gasteiger partial charge in [-0.15, -0.1) is 0 Å². The van der Waals surface area contributed by atoms with E-state index in [2.05, 4.69) is 0 Å². The van der Waals surface area contributed by atoms with Gasteiger partial charge in [-0.25, -0.2) is 23.5 Å². The first-order valence-corrected chi connectivity index (χ1v) is 8.81. The zero-order valence-electron chi connectivity index (χ0n) is 10.9. The van der Waals surface area contributed by atoms with E-state index in [9.17, 15) is 13.8 Å². The Morgan fingerprint density at radius 3 is 2.00 bits per heavy atom. The molecule has 20 heavy (non-hydrogen) atoms. The number of aromatic nitrogens is 3. The first-order chi connectivity index (χ1) is 9.57. The van der Waals surface area contributed by atoms with Gasteiger partial charge >= 0.3 is 11.4 Å². The summed E-state index contributed by atoms with van der Waals surface area (Å²) in [5.41, 5.74) is -0.0984. The average molecular weight is 291 g/mol. The van der Waals surface area contributed by atoms with Crippen LogP contribution in [0.25, 0.3) is 0 Å². The summed E-state index contributed by atoms with van der Waals surface area (Å²) in [4.78, 5) is 24.9. The van der Waals surface area contributed by atoms with Crippen molar-refractivity contribution in [3.05, 3.63) is 21.0 Å². The molecule has 3 unspecified atom stereocenters. The van der Waals surface area contributed by atoms with Crippen molar-refractivity contribution in [3.8, 4) is 0 Å². The minimum absolute atomic E-state index is 0.115. The molecule has 2 bridgehead atoms. The molecule has 1 aromatic heterocycles. The molecule has 0 radical (unpaired) electrons. The van der Waals surface area contributed by atoms with E-state index in [1.54, 1.807) is 16.4 Å². The van der Waals surface area contributed by atoms with E-state index in [4.69, 9.17) is 0 Å². The molecule has 2 spiro atoms. The van der Waals surface area contributed by atoms with Gasteiger partial charge in [-0.05, 0) is 23.7 Å². The maximum atomic E-state index is 12.5. The van der Waals surface area contributed by atoms with Crippen LogP contribution in [0.4, 0.5) is 0 Å². The predicted octanol–water partition coefficient (Wildman–Crippen LogP) is -1.30. The Morgan fingerprint density at radius 2 is 1.50 bits per heavy atom. The van der Waals surface area contributed by atoms with Crippen molar-refractivity contribution in [2.24, 2.45) is 41.5 Å². The van der Waals surface area contributed by atoms with Crippen molar-refractivity contribution < 1.29 is 4.21 Å². The number of hydrogen-bond donors (Lipinski definition) is 0. The van der Waals surface area contributed by atoms with Crippen LogP contribution in [-0.4, -0.2) is 29.6 Å². The summed E-state index contributed by atoms with van der Waals surface area (Å²) in [5, 5.41) is 0.